The van der Waals surface area contributed by atoms with Crippen molar-refractivity contribution in [1.29, 1.82) is 0 Å². The van der Waals surface area contributed by atoms with Gasteiger partial charge >= 0.3 is 23.9 Å². The van der Waals surface area contributed by atoms with E-state index in [2.05, 4.69) is 6.58 Å². The lowest BCUT2D eigenvalue weighted by molar-refractivity contribution is -0.194. The molecule has 3 rings (SSSR count). The molecule has 0 spiro atoms. The summed E-state index contributed by atoms with van der Waals surface area (Å²) in [7, 11) is 0. The third kappa shape index (κ3) is 4.91. The largest absolute Gasteiger partial charge is 0.462 e. The molecule has 10 heteroatoms. The molecule has 3 fully saturated rings. The second kappa shape index (κ2) is 10.1. The first-order valence-electron chi connectivity index (χ1n) is 11.2. The Kier molecular flexibility index (Phi) is 7.60. The lowest BCUT2D eigenvalue weighted by Crippen LogP contribution is -2.60. The molecule has 1 N–H and O–H groups in total. The number of hydrogen-bond donors (Lipinski definition) is 1. The normalized spacial score (nSPS) is 34.9. The predicted molar refractivity (Wildman–Crippen MR) is 115 cm³/mol. The first kappa shape index (κ1) is 25.6. The molecule has 0 radical (unpaired) electrons. The summed E-state index contributed by atoms with van der Waals surface area (Å²) in [6.45, 7) is 7.39. The molecule has 1 saturated heterocycles. The van der Waals surface area contributed by atoms with Crippen molar-refractivity contribution in [2.75, 3.05) is 13.2 Å². The van der Waals surface area contributed by atoms with Gasteiger partial charge in [-0.3, -0.25) is 9.59 Å². The lowest BCUT2D eigenvalue weighted by atomic mass is 9.51. The monoisotopic (exact) mass is 478 g/mol. The van der Waals surface area contributed by atoms with Crippen molar-refractivity contribution >= 4 is 30.2 Å². The third-order valence-corrected chi connectivity index (χ3v) is 7.16. The molecule has 2 saturated carbocycles. The van der Waals surface area contributed by atoms with E-state index < -0.39 is 72.0 Å². The number of carbonyl (C=O) groups is 5. The highest BCUT2D eigenvalue weighted by molar-refractivity contribution is 5.92. The molecule has 34 heavy (non-hydrogen) atoms. The van der Waals surface area contributed by atoms with Gasteiger partial charge in [-0.1, -0.05) is 13.5 Å². The van der Waals surface area contributed by atoms with E-state index in [9.17, 15) is 29.1 Å². The van der Waals surface area contributed by atoms with Crippen LogP contribution in [0.3, 0.4) is 0 Å². The number of hydrogen-bond acceptors (Lipinski definition) is 10. The van der Waals surface area contributed by atoms with Crippen LogP contribution in [0.2, 0.25) is 0 Å². The zero-order chi connectivity index (χ0) is 25.2. The Hall–Kier alpha value is -3.01. The minimum absolute atomic E-state index is 0.0499. The number of carbonyl (C=O) groups excluding carboxylic acids is 5. The number of ether oxygens (including phenoxy) is 4. The number of rotatable bonds is 7. The predicted octanol–water partition coefficient (Wildman–Crippen LogP) is 1.04. The molecule has 1 aliphatic heterocycles. The Bertz CT molecular complexity index is 921. The Morgan fingerprint density at radius 1 is 1.21 bits per heavy atom. The van der Waals surface area contributed by atoms with E-state index >= 15 is 0 Å². The van der Waals surface area contributed by atoms with Crippen LogP contribution in [0.15, 0.2) is 23.8 Å². The highest BCUT2D eigenvalue weighted by atomic mass is 16.6. The molecule has 3 aliphatic rings. The van der Waals surface area contributed by atoms with Crippen LogP contribution in [-0.2, 0) is 42.9 Å². The summed E-state index contributed by atoms with van der Waals surface area (Å²) in [5.41, 5.74) is -0.760. The molecule has 186 valence electrons. The molecule has 1 heterocycles. The van der Waals surface area contributed by atoms with Gasteiger partial charge in [-0.2, -0.15) is 0 Å². The van der Waals surface area contributed by atoms with Crippen molar-refractivity contribution in [3.05, 3.63) is 23.8 Å². The lowest BCUT2D eigenvalue weighted by Gasteiger charge is -2.55. The molecule has 0 aromatic carbocycles. The van der Waals surface area contributed by atoms with Gasteiger partial charge in [-0.05, 0) is 25.3 Å². The minimum Gasteiger partial charge on any atom is -0.462 e. The summed E-state index contributed by atoms with van der Waals surface area (Å²) in [5, 5.41) is 10.9. The Balaban J connectivity index is 1.89. The van der Waals surface area contributed by atoms with Crippen molar-refractivity contribution in [3.63, 3.8) is 0 Å². The Morgan fingerprint density at radius 2 is 1.88 bits per heavy atom. The summed E-state index contributed by atoms with van der Waals surface area (Å²) in [4.78, 5) is 59.6. The van der Waals surface area contributed by atoms with Gasteiger partial charge in [0.25, 0.3) is 0 Å². The van der Waals surface area contributed by atoms with Crippen LogP contribution >= 0.6 is 0 Å². The van der Waals surface area contributed by atoms with E-state index in [0.29, 0.717) is 12.8 Å². The second-order valence-electron chi connectivity index (χ2n) is 9.31. The van der Waals surface area contributed by atoms with E-state index in [1.807, 2.05) is 0 Å². The number of aliphatic hydroxyl groups excluding tert-OH is 1. The van der Waals surface area contributed by atoms with Crippen LogP contribution in [-0.4, -0.2) is 66.8 Å². The van der Waals surface area contributed by atoms with Crippen molar-refractivity contribution in [2.45, 2.75) is 58.3 Å². The summed E-state index contributed by atoms with van der Waals surface area (Å²) < 4.78 is 21.1. The molecule has 1 unspecified atom stereocenters. The van der Waals surface area contributed by atoms with Crippen LogP contribution in [0, 0.1) is 23.2 Å². The first-order valence-corrected chi connectivity index (χ1v) is 11.2. The fourth-order valence-corrected chi connectivity index (χ4v) is 5.48. The SMILES string of the molecule is C=C1C(=O)O[C@@H]2C3[C@H](C=O)CC[C@@H](O)[C@]3(C)C[C@H](OC(=O)/C(=C\COC(C)=O)COC(C)=O)[C@@H]12. The minimum atomic E-state index is -0.882. The maximum Gasteiger partial charge on any atom is 0.337 e. The molecule has 0 bridgehead atoms. The van der Waals surface area contributed by atoms with Gasteiger partial charge in [0.05, 0.1) is 17.6 Å². The molecule has 7 atom stereocenters. The molecule has 0 aromatic rings. The van der Waals surface area contributed by atoms with Crippen LogP contribution in [0.4, 0.5) is 0 Å². The standard InChI is InChI=1S/C24H30O10/c1-12-19-17(33-23(30)16(11-32-14(3)27)7-8-31-13(2)26)9-24(4)18(28)6-5-15(10-25)20(24)21(19)34-22(12)29/h7,10,15,17-21,28H,1,5-6,8-9,11H2,2-4H3/b16-7-/t15-,17-,18+,19+,20?,21-,24-/m0/s1. The second-order valence-corrected chi connectivity index (χ2v) is 9.31. The van der Waals surface area contributed by atoms with Crippen LogP contribution in [0.5, 0.6) is 0 Å². The maximum absolute atomic E-state index is 13.0. The van der Waals surface area contributed by atoms with Gasteiger partial charge in [-0.15, -0.1) is 0 Å². The molecular formula is C24H30O10. The van der Waals surface area contributed by atoms with Crippen molar-refractivity contribution in [3.8, 4) is 0 Å². The number of fused-ring (bicyclic) bond motifs is 3. The average Bonchev–Trinajstić information content (AvgIpc) is 3.05. The summed E-state index contributed by atoms with van der Waals surface area (Å²) in [5.74, 6) is -4.19. The molecular weight excluding hydrogens is 448 g/mol. The highest BCUT2D eigenvalue weighted by Gasteiger charge is 2.63. The van der Waals surface area contributed by atoms with Crippen LogP contribution in [0.25, 0.3) is 0 Å². The zero-order valence-electron chi connectivity index (χ0n) is 19.5. The Morgan fingerprint density at radius 3 is 2.50 bits per heavy atom. The van der Waals surface area contributed by atoms with Gasteiger partial charge in [-0.25, -0.2) is 9.59 Å². The van der Waals surface area contributed by atoms with E-state index in [1.165, 1.54) is 19.9 Å². The highest BCUT2D eigenvalue weighted by Crippen LogP contribution is 2.58. The zero-order valence-corrected chi connectivity index (χ0v) is 19.5. The summed E-state index contributed by atoms with van der Waals surface area (Å²) in [6.07, 6.45) is 0.704. The van der Waals surface area contributed by atoms with Gasteiger partial charge < -0.3 is 28.8 Å². The maximum atomic E-state index is 13.0. The fraction of sp³-hybridized carbons (Fsp3) is 0.625. The molecule has 0 aromatic heterocycles. The van der Waals surface area contributed by atoms with Crippen molar-refractivity contribution in [2.24, 2.45) is 23.2 Å². The number of aliphatic hydroxyl groups is 1. The molecule has 2 aliphatic carbocycles. The van der Waals surface area contributed by atoms with Gasteiger partial charge in [0.15, 0.2) is 0 Å². The number of esters is 4. The topological polar surface area (TPSA) is 143 Å². The average molecular weight is 478 g/mol. The van der Waals surface area contributed by atoms with E-state index in [-0.39, 0.29) is 24.2 Å². The van der Waals surface area contributed by atoms with Gasteiger partial charge in [0.2, 0.25) is 0 Å². The number of aldehydes is 1. The van der Waals surface area contributed by atoms with Crippen LogP contribution < -0.4 is 0 Å². The fourth-order valence-electron chi connectivity index (χ4n) is 5.48. The Labute approximate surface area is 197 Å². The first-order chi connectivity index (χ1) is 16.0. The quantitative estimate of drug-likeness (QED) is 0.244. The van der Waals surface area contributed by atoms with Gasteiger partial charge in [0, 0.05) is 36.7 Å². The van der Waals surface area contributed by atoms with E-state index in [4.69, 9.17) is 18.9 Å². The van der Waals surface area contributed by atoms with E-state index in [1.54, 1.807) is 6.92 Å². The van der Waals surface area contributed by atoms with Crippen LogP contribution in [0.1, 0.15) is 40.0 Å². The summed E-state index contributed by atoms with van der Waals surface area (Å²) in [6, 6.07) is 0. The van der Waals surface area contributed by atoms with Crippen molar-refractivity contribution < 1.29 is 48.0 Å². The molecule has 10 nitrogen and oxygen atoms in total. The van der Waals surface area contributed by atoms with Gasteiger partial charge in [0.1, 0.15) is 31.7 Å². The van der Waals surface area contributed by atoms with E-state index in [0.717, 1.165) is 6.29 Å². The van der Waals surface area contributed by atoms with Crippen molar-refractivity contribution in [1.82, 2.24) is 0 Å². The smallest absolute Gasteiger partial charge is 0.337 e. The third-order valence-electron chi connectivity index (χ3n) is 7.16. The summed E-state index contributed by atoms with van der Waals surface area (Å²) >= 11 is 0. The molecule has 0 amide bonds.